The predicted octanol–water partition coefficient (Wildman–Crippen LogP) is 2.80. The Labute approximate surface area is 100 Å². The van der Waals surface area contributed by atoms with Crippen molar-refractivity contribution in [3.05, 3.63) is 6.33 Å². The normalized spacial score (nSPS) is 13.3. The van der Waals surface area contributed by atoms with Gasteiger partial charge in [0.2, 0.25) is 0 Å². The van der Waals surface area contributed by atoms with E-state index >= 15 is 0 Å². The molecule has 1 rings (SSSR count). The summed E-state index contributed by atoms with van der Waals surface area (Å²) in [4.78, 5) is 4.17. The van der Waals surface area contributed by atoms with Crippen molar-refractivity contribution in [2.24, 2.45) is 0 Å². The van der Waals surface area contributed by atoms with Crippen molar-refractivity contribution < 1.29 is 0 Å². The van der Waals surface area contributed by atoms with Gasteiger partial charge in [0.1, 0.15) is 6.33 Å². The molecule has 0 aromatic carbocycles. The first-order chi connectivity index (χ1) is 7.26. The van der Waals surface area contributed by atoms with Gasteiger partial charge in [-0.05, 0) is 24.4 Å². The monoisotopic (exact) mass is 245 g/mol. The molecule has 15 heavy (non-hydrogen) atoms. The maximum absolute atomic E-state index is 4.17. The van der Waals surface area contributed by atoms with E-state index in [4.69, 9.17) is 0 Å². The Morgan fingerprint density at radius 2 is 2.20 bits per heavy atom. The van der Waals surface area contributed by atoms with Crippen LogP contribution in [0.5, 0.6) is 0 Å². The Bertz CT molecular complexity index is 247. The van der Waals surface area contributed by atoms with Gasteiger partial charge in [-0.3, -0.25) is 0 Å². The lowest BCUT2D eigenvalue weighted by Crippen LogP contribution is -2.32. The van der Waals surface area contributed by atoms with Crippen LogP contribution >= 0.6 is 23.3 Å². The molecular formula is C10H19N3S2. The van der Waals surface area contributed by atoms with E-state index < -0.39 is 0 Å². The Kier molecular flexibility index (Phi) is 6.20. The molecule has 0 amide bonds. The highest BCUT2D eigenvalue weighted by Gasteiger charge is 2.09. The third-order valence-electron chi connectivity index (χ3n) is 2.32. The molecule has 0 saturated carbocycles. The fourth-order valence-electron chi connectivity index (χ4n) is 1.34. The lowest BCUT2D eigenvalue weighted by atomic mass is 10.2. The molecule has 0 aliphatic carbocycles. The van der Waals surface area contributed by atoms with E-state index in [2.05, 4.69) is 35.4 Å². The Morgan fingerprint density at radius 3 is 2.73 bits per heavy atom. The van der Waals surface area contributed by atoms with Crippen LogP contribution in [0.15, 0.2) is 10.7 Å². The van der Waals surface area contributed by atoms with E-state index in [-0.39, 0.29) is 0 Å². The number of nitrogens with zero attached hydrogens (tertiary/aromatic N) is 2. The van der Waals surface area contributed by atoms with Crippen LogP contribution in [-0.2, 0) is 0 Å². The molecule has 86 valence electrons. The van der Waals surface area contributed by atoms with Crippen molar-refractivity contribution in [3.63, 3.8) is 0 Å². The SMILES string of the molecule is CCC(CC)NCC(C)Sc1ncns1. The fraction of sp³-hybridized carbons (Fsp3) is 0.800. The van der Waals surface area contributed by atoms with Gasteiger partial charge < -0.3 is 5.32 Å². The lowest BCUT2D eigenvalue weighted by molar-refractivity contribution is 0.488. The summed E-state index contributed by atoms with van der Waals surface area (Å²) in [5.74, 6) is 0. The van der Waals surface area contributed by atoms with Crippen molar-refractivity contribution in [1.82, 2.24) is 14.7 Å². The van der Waals surface area contributed by atoms with E-state index in [9.17, 15) is 0 Å². The number of hydrogen-bond donors (Lipinski definition) is 1. The van der Waals surface area contributed by atoms with Crippen LogP contribution in [0.2, 0.25) is 0 Å². The first-order valence-corrected chi connectivity index (χ1v) is 7.08. The topological polar surface area (TPSA) is 37.8 Å². The zero-order valence-electron chi connectivity index (χ0n) is 9.56. The molecule has 3 nitrogen and oxygen atoms in total. The van der Waals surface area contributed by atoms with Gasteiger partial charge in [-0.25, -0.2) is 4.98 Å². The highest BCUT2D eigenvalue weighted by atomic mass is 32.2. The van der Waals surface area contributed by atoms with E-state index in [0.29, 0.717) is 11.3 Å². The number of hydrogen-bond acceptors (Lipinski definition) is 5. The quantitative estimate of drug-likeness (QED) is 0.750. The van der Waals surface area contributed by atoms with Gasteiger partial charge in [0.15, 0.2) is 4.34 Å². The summed E-state index contributed by atoms with van der Waals surface area (Å²) < 4.78 is 5.06. The number of rotatable bonds is 7. The second kappa shape index (κ2) is 7.19. The summed E-state index contributed by atoms with van der Waals surface area (Å²) in [6.45, 7) is 7.71. The van der Waals surface area contributed by atoms with Gasteiger partial charge in [-0.1, -0.05) is 32.5 Å². The van der Waals surface area contributed by atoms with Crippen LogP contribution in [0.1, 0.15) is 33.6 Å². The molecule has 1 atom stereocenters. The standard InChI is InChI=1S/C10H19N3S2/c1-4-9(5-2)11-6-8(3)14-10-12-7-13-15-10/h7-9,11H,4-6H2,1-3H3. The molecule has 1 aromatic heterocycles. The van der Waals surface area contributed by atoms with Crippen LogP contribution in [0.3, 0.4) is 0 Å². The molecular weight excluding hydrogens is 226 g/mol. The minimum atomic E-state index is 0.554. The van der Waals surface area contributed by atoms with Gasteiger partial charge in [-0.15, -0.1) is 0 Å². The molecule has 1 heterocycles. The van der Waals surface area contributed by atoms with Crippen LogP contribution in [-0.4, -0.2) is 27.2 Å². The number of aromatic nitrogens is 2. The Hall–Kier alpha value is -0.130. The second-order valence-electron chi connectivity index (χ2n) is 3.56. The summed E-state index contributed by atoms with van der Waals surface area (Å²) in [5.41, 5.74) is 0. The maximum Gasteiger partial charge on any atom is 0.170 e. The van der Waals surface area contributed by atoms with Crippen LogP contribution in [0.4, 0.5) is 0 Å². The second-order valence-corrected chi connectivity index (χ2v) is 6.02. The zero-order valence-corrected chi connectivity index (χ0v) is 11.2. The van der Waals surface area contributed by atoms with Crippen molar-refractivity contribution in [2.75, 3.05) is 6.54 Å². The van der Waals surface area contributed by atoms with Crippen molar-refractivity contribution in [1.29, 1.82) is 0 Å². The van der Waals surface area contributed by atoms with Crippen molar-refractivity contribution >= 4 is 23.3 Å². The average molecular weight is 245 g/mol. The Morgan fingerprint density at radius 1 is 1.47 bits per heavy atom. The molecule has 0 saturated heterocycles. The predicted molar refractivity (Wildman–Crippen MR) is 67.6 cm³/mol. The zero-order chi connectivity index (χ0) is 11.1. The summed E-state index contributed by atoms with van der Waals surface area (Å²) in [5, 5.41) is 4.12. The van der Waals surface area contributed by atoms with Gasteiger partial charge in [-0.2, -0.15) is 4.37 Å². The molecule has 0 bridgehead atoms. The largest absolute Gasteiger partial charge is 0.313 e. The molecule has 1 unspecified atom stereocenters. The molecule has 0 aliphatic rings. The molecule has 0 aliphatic heterocycles. The summed E-state index contributed by atoms with van der Waals surface area (Å²) in [6, 6.07) is 0.655. The first kappa shape index (κ1) is 12.9. The van der Waals surface area contributed by atoms with E-state index in [1.54, 1.807) is 18.1 Å². The number of nitrogens with one attached hydrogen (secondary N) is 1. The van der Waals surface area contributed by atoms with E-state index in [0.717, 1.165) is 10.9 Å². The average Bonchev–Trinajstić information content (AvgIpc) is 2.72. The lowest BCUT2D eigenvalue weighted by Gasteiger charge is -2.17. The highest BCUT2D eigenvalue weighted by Crippen LogP contribution is 2.23. The Balaban J connectivity index is 2.21. The molecule has 1 N–H and O–H groups in total. The summed E-state index contributed by atoms with van der Waals surface area (Å²) >= 11 is 3.27. The summed E-state index contributed by atoms with van der Waals surface area (Å²) in [6.07, 6.45) is 4.02. The molecule has 0 spiro atoms. The highest BCUT2D eigenvalue weighted by molar-refractivity contribution is 8.01. The third-order valence-corrected chi connectivity index (χ3v) is 4.17. The smallest absolute Gasteiger partial charge is 0.170 e. The fourth-order valence-corrected chi connectivity index (χ4v) is 3.04. The molecule has 1 aromatic rings. The molecule has 0 radical (unpaired) electrons. The van der Waals surface area contributed by atoms with E-state index in [1.165, 1.54) is 24.4 Å². The van der Waals surface area contributed by atoms with Crippen molar-refractivity contribution in [3.8, 4) is 0 Å². The van der Waals surface area contributed by atoms with Gasteiger partial charge in [0.05, 0.1) is 0 Å². The van der Waals surface area contributed by atoms with Gasteiger partial charge >= 0.3 is 0 Å². The molecule has 5 heteroatoms. The minimum Gasteiger partial charge on any atom is -0.313 e. The van der Waals surface area contributed by atoms with E-state index in [1.807, 2.05) is 0 Å². The summed E-state index contributed by atoms with van der Waals surface area (Å²) in [7, 11) is 0. The molecule has 0 fully saturated rings. The van der Waals surface area contributed by atoms with Gasteiger partial charge in [0.25, 0.3) is 0 Å². The third kappa shape index (κ3) is 4.95. The van der Waals surface area contributed by atoms with Crippen LogP contribution in [0, 0.1) is 0 Å². The first-order valence-electron chi connectivity index (χ1n) is 5.43. The van der Waals surface area contributed by atoms with Gasteiger partial charge in [0, 0.05) is 17.8 Å². The minimum absolute atomic E-state index is 0.554. The van der Waals surface area contributed by atoms with Crippen LogP contribution in [0.25, 0.3) is 0 Å². The van der Waals surface area contributed by atoms with Crippen molar-refractivity contribution in [2.45, 2.75) is 49.2 Å². The van der Waals surface area contributed by atoms with Crippen LogP contribution < -0.4 is 5.32 Å². The number of thioether (sulfide) groups is 1. The maximum atomic E-state index is 4.17.